The van der Waals surface area contributed by atoms with Crippen LogP contribution in [0, 0.1) is 86.9 Å². The van der Waals surface area contributed by atoms with Crippen LogP contribution in [0.2, 0.25) is 26.2 Å². The molecule has 3 aliphatic carbocycles. The molecular weight excluding hydrogens is 1230 g/mol. The summed E-state index contributed by atoms with van der Waals surface area (Å²) in [6, 6.07) is 0. The fraction of sp³-hybridized carbons (Fsp3) is 0.923. The molecule has 0 atom stereocenters. The van der Waals surface area contributed by atoms with Crippen LogP contribution in [0.25, 0.3) is 0 Å². The molecule has 3 aliphatic rings. The Morgan fingerprint density at radius 2 is 0.602 bits per heavy atom. The lowest BCUT2D eigenvalue weighted by molar-refractivity contribution is -0.295. The second kappa shape index (κ2) is 49.9. The van der Waals surface area contributed by atoms with E-state index in [1.165, 1.54) is 128 Å². The largest absolute Gasteiger partial charge is 0.371 e. The Hall–Kier alpha value is -1.54. The summed E-state index contributed by atoms with van der Waals surface area (Å²) in [5.74, 6) is -25.9. The second-order valence-electron chi connectivity index (χ2n) is 35.1. The number of hydrogen-bond acceptors (Lipinski definition) is 0. The first-order chi connectivity index (χ1) is 40.8. The Labute approximate surface area is 570 Å². The minimum Gasteiger partial charge on any atom is -0.206 e. The third-order valence-electron chi connectivity index (χ3n) is 15.6. The minimum absolute atomic E-state index is 0.188. The molecule has 0 amide bonds. The molecule has 93 heavy (non-hydrogen) atoms. The number of halogens is 14. The maximum absolute atomic E-state index is 12.8. The van der Waals surface area contributed by atoms with Crippen molar-refractivity contribution in [1.29, 1.82) is 0 Å². The van der Waals surface area contributed by atoms with Gasteiger partial charge in [-0.25, -0.2) is 35.1 Å². The van der Waals surface area contributed by atoms with Crippen LogP contribution in [0.4, 0.5) is 61.5 Å². The maximum atomic E-state index is 12.8. The first kappa shape index (κ1) is 110. The summed E-state index contributed by atoms with van der Waals surface area (Å²) in [7, 11) is -0.611. The fourth-order valence-electron chi connectivity index (χ4n) is 6.58. The van der Waals surface area contributed by atoms with Gasteiger partial charge >= 0.3 is 29.6 Å². The zero-order valence-corrected chi connectivity index (χ0v) is 69.1. The summed E-state index contributed by atoms with van der Waals surface area (Å²) in [4.78, 5) is 0. The summed E-state index contributed by atoms with van der Waals surface area (Å²) in [6.07, 6.45) is 28.6. The van der Waals surface area contributed by atoms with Crippen molar-refractivity contribution in [3.63, 3.8) is 0 Å². The van der Waals surface area contributed by atoms with E-state index in [0.717, 1.165) is 31.1 Å². The van der Waals surface area contributed by atoms with E-state index in [-0.39, 0.29) is 27.7 Å². The molecule has 1 aromatic rings. The van der Waals surface area contributed by atoms with Crippen molar-refractivity contribution in [2.75, 3.05) is 0 Å². The molecule has 3 saturated carbocycles. The highest BCUT2D eigenvalue weighted by molar-refractivity contribution is 6.74. The van der Waals surface area contributed by atoms with Gasteiger partial charge in [0.15, 0.2) is 17.5 Å². The average Bonchev–Trinajstić information content (AvgIpc) is 1.28. The summed E-state index contributed by atoms with van der Waals surface area (Å²) >= 11 is 0. The van der Waals surface area contributed by atoms with Crippen molar-refractivity contribution in [2.24, 2.45) is 49.7 Å². The van der Waals surface area contributed by atoms with E-state index in [1.54, 1.807) is 0 Å². The van der Waals surface area contributed by atoms with Gasteiger partial charge in [-0.2, -0.15) is 26.3 Å². The summed E-state index contributed by atoms with van der Waals surface area (Å²) in [5.41, 5.74) is 3.07. The lowest BCUT2D eigenvalue weighted by Crippen LogP contribution is -2.50. The molecule has 3 fully saturated rings. The van der Waals surface area contributed by atoms with Crippen molar-refractivity contribution in [3.8, 4) is 0 Å². The van der Waals surface area contributed by atoms with Gasteiger partial charge in [0, 0.05) is 46.9 Å². The topological polar surface area (TPSA) is 0 Å². The lowest BCUT2D eigenvalue weighted by atomic mass is 9.72. The van der Waals surface area contributed by atoms with Gasteiger partial charge < -0.3 is 0 Å². The van der Waals surface area contributed by atoms with Gasteiger partial charge in [0.1, 0.15) is 5.82 Å². The standard InChI is InChI=1S/C10H20.C8H6F4.2C8H16.C7H16.2C6H14.C5H6F6.2C5H12.C4H6F4.C4H12Si.C2H6/c1-4-9-5-7-10(2,3)8-6-9;1-3-5(9)4(2)7(11)8(12)6(3)10;1-3-8(2)6-4-5-7-8;1-2-8-6-4-3-5-7-8;1-5-7(3,4)6-2;2*1-5-6(2,3)4;1-3(6,7)5(10,11)4(2,8)9;2*1-5(2,3)4;1-3(5,6)4(2,7)8;1-5(2,3)4;1-2/h9H,4-8H2,1-3H3;1-2H3;3-7H2,1-2H3;8H,2-7H2,1H3;5-6H2,1-4H3;2*5H2,1-4H3;1-2H3;2*1-4H3;1-2H3;1-4H3;1-2H3. The average molecular weight is 1390 g/mol. The normalized spacial score (nSPS) is 16.0. The molecule has 570 valence electrons. The predicted molar refractivity (Wildman–Crippen MR) is 388 cm³/mol. The molecule has 0 heterocycles. The van der Waals surface area contributed by atoms with Crippen LogP contribution >= 0.6 is 0 Å². The molecule has 0 N–H and O–H groups in total. The van der Waals surface area contributed by atoms with E-state index in [4.69, 9.17) is 0 Å². The van der Waals surface area contributed by atoms with Crippen molar-refractivity contribution in [3.05, 3.63) is 34.4 Å². The molecule has 15 heteroatoms. The highest BCUT2D eigenvalue weighted by atomic mass is 28.3. The molecule has 0 nitrogen and oxygen atoms in total. The van der Waals surface area contributed by atoms with Gasteiger partial charge in [-0.3, -0.25) is 0 Å². The molecule has 1 aromatic carbocycles. The van der Waals surface area contributed by atoms with Gasteiger partial charge in [0.25, 0.3) is 0 Å². The Morgan fingerprint density at radius 1 is 0.366 bits per heavy atom. The minimum atomic E-state index is -5.29. The molecule has 0 spiro atoms. The van der Waals surface area contributed by atoms with E-state index in [9.17, 15) is 61.5 Å². The molecular formula is C78H156F14Si. The molecule has 0 radical (unpaired) electrons. The van der Waals surface area contributed by atoms with Crippen molar-refractivity contribution < 1.29 is 61.5 Å². The first-order valence-electron chi connectivity index (χ1n) is 35.5. The van der Waals surface area contributed by atoms with Crippen molar-refractivity contribution >= 4 is 8.07 Å². The molecule has 0 saturated heterocycles. The van der Waals surface area contributed by atoms with Gasteiger partial charge in [0.2, 0.25) is 0 Å². The highest BCUT2D eigenvalue weighted by Gasteiger charge is 2.66. The first-order valence-corrected chi connectivity index (χ1v) is 39.5. The van der Waals surface area contributed by atoms with E-state index < -0.39 is 72.1 Å². The zero-order valence-electron chi connectivity index (χ0n) is 68.1. The van der Waals surface area contributed by atoms with E-state index >= 15 is 0 Å². The van der Waals surface area contributed by atoms with Crippen LogP contribution in [-0.4, -0.2) is 37.7 Å². The highest BCUT2D eigenvalue weighted by Crippen LogP contribution is 2.45. The van der Waals surface area contributed by atoms with Gasteiger partial charge in [-0.1, -0.05) is 310 Å². The van der Waals surface area contributed by atoms with Crippen LogP contribution in [0.5, 0.6) is 0 Å². The third-order valence-corrected chi connectivity index (χ3v) is 15.6. The van der Waals surface area contributed by atoms with Crippen LogP contribution in [0.15, 0.2) is 0 Å². The van der Waals surface area contributed by atoms with Gasteiger partial charge in [0.05, 0.1) is 0 Å². The molecule has 0 aliphatic heterocycles. The Morgan fingerprint density at radius 3 is 0.742 bits per heavy atom. The Bertz CT molecular complexity index is 1680. The monoisotopic (exact) mass is 1390 g/mol. The maximum Gasteiger partial charge on any atom is 0.371 e. The fourth-order valence-corrected chi connectivity index (χ4v) is 6.58. The molecule has 0 unspecified atom stereocenters. The van der Waals surface area contributed by atoms with E-state index in [1.807, 2.05) is 13.8 Å². The van der Waals surface area contributed by atoms with E-state index in [2.05, 4.69) is 206 Å². The van der Waals surface area contributed by atoms with Gasteiger partial charge in [-0.05, 0) is 102 Å². The smallest absolute Gasteiger partial charge is 0.206 e. The van der Waals surface area contributed by atoms with Crippen LogP contribution < -0.4 is 0 Å². The number of benzene rings is 1. The molecule has 0 aromatic heterocycles. The Balaban J connectivity index is -0.000000119. The van der Waals surface area contributed by atoms with Crippen LogP contribution in [0.3, 0.4) is 0 Å². The van der Waals surface area contributed by atoms with E-state index in [0.29, 0.717) is 32.5 Å². The van der Waals surface area contributed by atoms with Gasteiger partial charge in [-0.15, -0.1) is 0 Å². The van der Waals surface area contributed by atoms with Crippen LogP contribution in [0.1, 0.15) is 361 Å². The summed E-state index contributed by atoms with van der Waals surface area (Å²) in [6.45, 7) is 73.9. The number of hydrogen-bond donors (Lipinski definition) is 0. The SMILES string of the molecule is CC.CC(C)(C)C.CC(C)(C)C.CC(F)(F)C(C)(F)F.CC(F)(F)C(F)(F)C(C)(F)F.CCC(C)(C)C.CCC(C)(C)C.CCC(C)(C)CC.CCC1(C)CCCC1.CCC1CCC(C)(C)CC1.CCC1CCCCC1.C[Si](C)(C)C.Cc1c(F)c(C)c(F)c(F)c1F. The second-order valence-corrected chi connectivity index (χ2v) is 41.1. The van der Waals surface area contributed by atoms with Crippen molar-refractivity contribution in [1.82, 2.24) is 0 Å². The molecule has 0 bridgehead atoms. The van der Waals surface area contributed by atoms with Crippen LogP contribution in [-0.2, 0) is 0 Å². The number of alkyl halides is 10. The lowest BCUT2D eigenvalue weighted by Gasteiger charge is -2.33. The number of rotatable bonds is 8. The third kappa shape index (κ3) is 74.5. The Kier molecular flexibility index (Phi) is 59.0. The quantitative estimate of drug-likeness (QED) is 0.105. The van der Waals surface area contributed by atoms with Crippen molar-refractivity contribution in [2.45, 2.75) is 420 Å². The summed E-state index contributed by atoms with van der Waals surface area (Å²) in [5, 5.41) is 0. The summed E-state index contributed by atoms with van der Waals surface area (Å²) < 4.78 is 167. The predicted octanol–water partition coefficient (Wildman–Crippen LogP) is 32.5. The molecule has 4 rings (SSSR count). The zero-order chi connectivity index (χ0) is 77.3.